The monoisotopic (exact) mass is 448 g/mol. The third kappa shape index (κ3) is 3.83. The molecule has 0 aliphatic rings. The van der Waals surface area contributed by atoms with Crippen molar-refractivity contribution in [2.75, 3.05) is 12.4 Å². The van der Waals surface area contributed by atoms with Gasteiger partial charge < -0.3 is 14.6 Å². The van der Waals surface area contributed by atoms with Crippen LogP contribution in [0.3, 0.4) is 0 Å². The number of methoxy groups -OCH3 is 1. The summed E-state index contributed by atoms with van der Waals surface area (Å²) in [5.41, 5.74) is 6.80. The third-order valence-corrected chi connectivity index (χ3v) is 5.81. The quantitative estimate of drug-likeness (QED) is 0.374. The fraction of sp³-hybridized carbons (Fsp3) is 0.0909. The van der Waals surface area contributed by atoms with Crippen LogP contribution in [-0.4, -0.2) is 31.6 Å². The number of anilines is 2. The summed E-state index contributed by atoms with van der Waals surface area (Å²) in [6, 6.07) is 13.4. The Bertz CT molecular complexity index is 1380. The van der Waals surface area contributed by atoms with Crippen molar-refractivity contribution in [2.24, 2.45) is 0 Å². The lowest BCUT2D eigenvalue weighted by molar-refractivity contribution is 0.413. The Morgan fingerprint density at radius 2 is 1.90 bits per heavy atom. The third-order valence-electron chi connectivity index (χ3n) is 4.74. The molecule has 31 heavy (non-hydrogen) atoms. The molecule has 3 aromatic heterocycles. The number of rotatable bonds is 5. The zero-order valence-corrected chi connectivity index (χ0v) is 18.3. The minimum absolute atomic E-state index is 0.455. The highest BCUT2D eigenvalue weighted by molar-refractivity contribution is 7.17. The summed E-state index contributed by atoms with van der Waals surface area (Å²) in [4.78, 5) is 18.0. The van der Waals surface area contributed by atoms with Crippen molar-refractivity contribution < 1.29 is 4.74 Å². The number of fused-ring (bicyclic) bond motifs is 1. The summed E-state index contributed by atoms with van der Waals surface area (Å²) in [5, 5.41) is 3.96. The molecular formula is C22H17ClN6OS. The Morgan fingerprint density at radius 1 is 1.06 bits per heavy atom. The highest BCUT2D eigenvalue weighted by Crippen LogP contribution is 2.32. The molecular weight excluding hydrogens is 432 g/mol. The van der Waals surface area contributed by atoms with E-state index in [0.717, 1.165) is 33.0 Å². The predicted molar refractivity (Wildman–Crippen MR) is 124 cm³/mol. The molecule has 0 unspecified atom stereocenters. The van der Waals surface area contributed by atoms with Gasteiger partial charge in [0.2, 0.25) is 5.95 Å². The highest BCUT2D eigenvalue weighted by atomic mass is 35.5. The Morgan fingerprint density at radius 3 is 2.65 bits per heavy atom. The zero-order valence-electron chi connectivity index (χ0n) is 16.7. The van der Waals surface area contributed by atoms with Gasteiger partial charge in [-0.15, -0.1) is 11.3 Å². The highest BCUT2D eigenvalue weighted by Gasteiger charge is 2.14. The summed E-state index contributed by atoms with van der Waals surface area (Å²) < 4.78 is 8.45. The van der Waals surface area contributed by atoms with Crippen LogP contribution in [0, 0.1) is 6.92 Å². The molecule has 7 nitrogen and oxygen atoms in total. The average molecular weight is 449 g/mol. The van der Waals surface area contributed by atoms with Crippen LogP contribution in [0.4, 0.5) is 11.6 Å². The molecule has 0 saturated heterocycles. The summed E-state index contributed by atoms with van der Waals surface area (Å²) in [6.07, 6.45) is 3.71. The number of ether oxygens (including phenoxy) is 1. The number of thiazole rings is 1. The molecule has 2 aromatic carbocycles. The Labute approximate surface area is 187 Å². The van der Waals surface area contributed by atoms with E-state index in [-0.39, 0.29) is 0 Å². The van der Waals surface area contributed by atoms with E-state index in [0.29, 0.717) is 22.4 Å². The molecule has 5 aromatic rings. The van der Waals surface area contributed by atoms with Gasteiger partial charge in [-0.1, -0.05) is 23.7 Å². The number of nitrogens with one attached hydrogen (secondary N) is 1. The summed E-state index contributed by atoms with van der Waals surface area (Å²) >= 11 is 7.56. The first kappa shape index (κ1) is 19.5. The van der Waals surface area contributed by atoms with E-state index in [4.69, 9.17) is 21.3 Å². The van der Waals surface area contributed by atoms with Gasteiger partial charge in [-0.3, -0.25) is 0 Å². The SMILES string of the molecule is COc1cc(Nc2nc(-c3ccc(Cl)cc3)c3scnc3n2)ccc1-n1cnc(C)c1. The van der Waals surface area contributed by atoms with Crippen LogP contribution in [0.1, 0.15) is 5.69 Å². The normalized spacial score (nSPS) is 11.1. The topological polar surface area (TPSA) is 77.8 Å². The van der Waals surface area contributed by atoms with Gasteiger partial charge in [-0.25, -0.2) is 15.0 Å². The summed E-state index contributed by atoms with van der Waals surface area (Å²) in [5.74, 6) is 1.16. The lowest BCUT2D eigenvalue weighted by Crippen LogP contribution is -2.01. The first-order chi connectivity index (χ1) is 15.1. The summed E-state index contributed by atoms with van der Waals surface area (Å²) in [7, 11) is 1.64. The molecule has 0 bridgehead atoms. The Balaban J connectivity index is 1.53. The average Bonchev–Trinajstić information content (AvgIpc) is 3.42. The van der Waals surface area contributed by atoms with Gasteiger partial charge in [0.1, 0.15) is 5.75 Å². The Kier molecular flexibility index (Phi) is 5.01. The maximum absolute atomic E-state index is 6.05. The second-order valence-corrected chi connectivity index (χ2v) is 8.13. The van der Waals surface area contributed by atoms with Crippen molar-refractivity contribution >= 4 is 44.9 Å². The van der Waals surface area contributed by atoms with Crippen LogP contribution in [0.25, 0.3) is 27.3 Å². The number of benzene rings is 2. The molecule has 0 spiro atoms. The van der Waals surface area contributed by atoms with E-state index >= 15 is 0 Å². The fourth-order valence-electron chi connectivity index (χ4n) is 3.27. The van der Waals surface area contributed by atoms with Crippen LogP contribution >= 0.6 is 22.9 Å². The zero-order chi connectivity index (χ0) is 21.4. The van der Waals surface area contributed by atoms with E-state index in [1.165, 1.54) is 11.3 Å². The second kappa shape index (κ2) is 7.98. The van der Waals surface area contributed by atoms with Crippen LogP contribution < -0.4 is 10.1 Å². The van der Waals surface area contributed by atoms with Crippen molar-refractivity contribution in [1.29, 1.82) is 0 Å². The van der Waals surface area contributed by atoms with Crippen LogP contribution in [0.15, 0.2) is 60.5 Å². The maximum atomic E-state index is 6.05. The lowest BCUT2D eigenvalue weighted by Gasteiger charge is -2.12. The predicted octanol–water partition coefficient (Wildman–Crippen LogP) is 5.65. The molecule has 3 heterocycles. The van der Waals surface area contributed by atoms with E-state index in [9.17, 15) is 0 Å². The largest absolute Gasteiger partial charge is 0.494 e. The van der Waals surface area contributed by atoms with Crippen LogP contribution in [0.5, 0.6) is 5.75 Å². The number of aryl methyl sites for hydroxylation is 1. The van der Waals surface area contributed by atoms with Gasteiger partial charge in [0, 0.05) is 28.5 Å². The molecule has 0 atom stereocenters. The number of nitrogens with zero attached hydrogens (tertiary/aromatic N) is 5. The molecule has 5 rings (SSSR count). The van der Waals surface area contributed by atoms with Gasteiger partial charge in [0.05, 0.1) is 40.7 Å². The number of aromatic nitrogens is 5. The fourth-order valence-corrected chi connectivity index (χ4v) is 4.14. The number of hydrogen-bond donors (Lipinski definition) is 1. The first-order valence-corrected chi connectivity index (χ1v) is 10.7. The molecule has 9 heteroatoms. The van der Waals surface area contributed by atoms with Crippen molar-refractivity contribution in [3.63, 3.8) is 0 Å². The van der Waals surface area contributed by atoms with E-state index in [1.54, 1.807) is 18.9 Å². The van der Waals surface area contributed by atoms with Gasteiger partial charge in [0.15, 0.2) is 5.65 Å². The van der Waals surface area contributed by atoms with Gasteiger partial charge in [0.25, 0.3) is 0 Å². The maximum Gasteiger partial charge on any atom is 0.229 e. The molecule has 154 valence electrons. The van der Waals surface area contributed by atoms with Crippen molar-refractivity contribution in [2.45, 2.75) is 6.92 Å². The molecule has 0 radical (unpaired) electrons. The lowest BCUT2D eigenvalue weighted by atomic mass is 10.1. The number of halogens is 1. The molecule has 0 fully saturated rings. The van der Waals surface area contributed by atoms with Gasteiger partial charge in [-0.2, -0.15) is 4.98 Å². The minimum atomic E-state index is 0.455. The van der Waals surface area contributed by atoms with Crippen LogP contribution in [0.2, 0.25) is 5.02 Å². The smallest absolute Gasteiger partial charge is 0.229 e. The minimum Gasteiger partial charge on any atom is -0.494 e. The Hall–Kier alpha value is -3.49. The molecule has 0 aliphatic heterocycles. The number of imidazole rings is 1. The van der Waals surface area contributed by atoms with Gasteiger partial charge in [-0.05, 0) is 31.2 Å². The molecule has 0 aliphatic carbocycles. The van der Waals surface area contributed by atoms with Crippen LogP contribution in [-0.2, 0) is 0 Å². The van der Waals surface area contributed by atoms with Crippen molar-refractivity contribution in [3.05, 3.63) is 71.2 Å². The molecule has 1 N–H and O–H groups in total. The molecule has 0 amide bonds. The van der Waals surface area contributed by atoms with E-state index in [1.807, 2.05) is 60.2 Å². The van der Waals surface area contributed by atoms with Gasteiger partial charge >= 0.3 is 0 Å². The van der Waals surface area contributed by atoms with E-state index < -0.39 is 0 Å². The standard InChI is InChI=1S/C22H17ClN6OS/c1-13-10-29(11-24-13)17-8-7-16(9-18(17)30-2)26-22-27-19(14-3-5-15(23)6-4-14)20-21(28-22)25-12-31-20/h3-12H,1-2H3,(H,26,27,28). The second-order valence-electron chi connectivity index (χ2n) is 6.84. The number of hydrogen-bond acceptors (Lipinski definition) is 7. The van der Waals surface area contributed by atoms with Crippen molar-refractivity contribution in [3.8, 4) is 22.7 Å². The first-order valence-electron chi connectivity index (χ1n) is 9.44. The van der Waals surface area contributed by atoms with Crippen molar-refractivity contribution in [1.82, 2.24) is 24.5 Å². The summed E-state index contributed by atoms with van der Waals surface area (Å²) in [6.45, 7) is 1.95. The molecule has 0 saturated carbocycles. The van der Waals surface area contributed by atoms with E-state index in [2.05, 4.69) is 20.3 Å².